The number of nitrogens with one attached hydrogen (secondary N) is 2. The molecule has 1 rings (SSSR count). The Bertz CT molecular complexity index is 501. The van der Waals surface area contributed by atoms with Crippen LogP contribution in [0.1, 0.15) is 23.7 Å². The van der Waals surface area contributed by atoms with E-state index in [0.717, 1.165) is 0 Å². The van der Waals surface area contributed by atoms with Gasteiger partial charge in [0.1, 0.15) is 0 Å². The van der Waals surface area contributed by atoms with Crippen molar-refractivity contribution in [3.63, 3.8) is 0 Å². The lowest BCUT2D eigenvalue weighted by Gasteiger charge is -2.09. The van der Waals surface area contributed by atoms with Crippen LogP contribution < -0.4 is 10.6 Å². The highest BCUT2D eigenvalue weighted by atomic mass is 35.5. The van der Waals surface area contributed by atoms with Crippen LogP contribution in [0.25, 0.3) is 0 Å². The van der Waals surface area contributed by atoms with Crippen LogP contribution in [0.4, 0.5) is 10.5 Å². The Morgan fingerprint density at radius 1 is 1.42 bits per heavy atom. The van der Waals surface area contributed by atoms with Crippen molar-refractivity contribution in [1.82, 2.24) is 5.32 Å². The summed E-state index contributed by atoms with van der Waals surface area (Å²) in [5.41, 5.74) is 0.163. The van der Waals surface area contributed by atoms with Gasteiger partial charge in [0, 0.05) is 11.6 Å². The smallest absolute Gasteiger partial charge is 0.337 e. The van der Waals surface area contributed by atoms with Gasteiger partial charge < -0.3 is 15.7 Å². The lowest BCUT2D eigenvalue weighted by Crippen LogP contribution is -2.30. The molecule has 1 aromatic rings. The summed E-state index contributed by atoms with van der Waals surface area (Å²) in [7, 11) is 0. The van der Waals surface area contributed by atoms with Crippen molar-refractivity contribution >= 4 is 29.3 Å². The highest BCUT2D eigenvalue weighted by Gasteiger charge is 2.12. The predicted octanol–water partition coefficient (Wildman–Crippen LogP) is 3.13. The third kappa shape index (κ3) is 5.01. The van der Waals surface area contributed by atoms with Crippen LogP contribution in [0.15, 0.2) is 30.4 Å². The number of carboxylic acid groups (broad SMARTS) is 1. The maximum absolute atomic E-state index is 11.6. The van der Waals surface area contributed by atoms with Crippen molar-refractivity contribution in [2.45, 2.75) is 13.3 Å². The molecule has 0 atom stereocenters. The molecule has 19 heavy (non-hydrogen) atoms. The minimum Gasteiger partial charge on any atom is -0.478 e. The molecule has 2 amide bonds. The van der Waals surface area contributed by atoms with Gasteiger partial charge in [-0.15, -0.1) is 0 Å². The highest BCUT2D eigenvalue weighted by Crippen LogP contribution is 2.21. The molecule has 0 saturated carbocycles. The fourth-order valence-corrected chi connectivity index (χ4v) is 1.58. The normalized spacial score (nSPS) is 10.4. The topological polar surface area (TPSA) is 78.4 Å². The number of halogens is 1. The molecule has 0 heterocycles. The van der Waals surface area contributed by atoms with Gasteiger partial charge in [-0.2, -0.15) is 0 Å². The zero-order valence-electron chi connectivity index (χ0n) is 10.4. The average Bonchev–Trinajstić information content (AvgIpc) is 2.34. The van der Waals surface area contributed by atoms with Crippen LogP contribution in [0.5, 0.6) is 0 Å². The zero-order chi connectivity index (χ0) is 14.3. The monoisotopic (exact) mass is 282 g/mol. The first-order valence-corrected chi connectivity index (χ1v) is 6.11. The van der Waals surface area contributed by atoms with Gasteiger partial charge in [-0.3, -0.25) is 0 Å². The third-order valence-corrected chi connectivity index (χ3v) is 2.53. The number of allylic oxidation sites excluding steroid dienone is 1. The van der Waals surface area contributed by atoms with E-state index in [1.807, 2.05) is 19.1 Å². The average molecular weight is 283 g/mol. The van der Waals surface area contributed by atoms with Crippen LogP contribution in [0.2, 0.25) is 5.02 Å². The first-order valence-electron chi connectivity index (χ1n) is 5.73. The van der Waals surface area contributed by atoms with E-state index in [2.05, 4.69) is 10.6 Å². The highest BCUT2D eigenvalue weighted by molar-refractivity contribution is 6.31. The standard InChI is InChI=1S/C13H15ClN2O3/c1-2-3-4-7-15-13(19)16-11-8-9(14)5-6-10(11)12(17)18/h2-3,5-6,8H,4,7H2,1H3,(H,17,18)(H2,15,16,19)/b3-2+. The molecule has 3 N–H and O–H groups in total. The Balaban J connectivity index is 2.67. The first-order chi connectivity index (χ1) is 9.04. The molecule has 0 radical (unpaired) electrons. The molecular formula is C13H15ClN2O3. The number of urea groups is 1. The summed E-state index contributed by atoms with van der Waals surface area (Å²) in [4.78, 5) is 22.6. The van der Waals surface area contributed by atoms with Crippen molar-refractivity contribution < 1.29 is 14.7 Å². The van der Waals surface area contributed by atoms with Gasteiger partial charge in [0.15, 0.2) is 0 Å². The van der Waals surface area contributed by atoms with Crippen molar-refractivity contribution in [2.75, 3.05) is 11.9 Å². The number of hydrogen-bond donors (Lipinski definition) is 3. The number of amides is 2. The summed E-state index contributed by atoms with van der Waals surface area (Å²) in [6.45, 7) is 2.37. The van der Waals surface area contributed by atoms with E-state index >= 15 is 0 Å². The molecule has 0 unspecified atom stereocenters. The van der Waals surface area contributed by atoms with Gasteiger partial charge in [0.05, 0.1) is 11.3 Å². The maximum atomic E-state index is 11.6. The third-order valence-electron chi connectivity index (χ3n) is 2.29. The summed E-state index contributed by atoms with van der Waals surface area (Å²) in [6, 6.07) is 3.74. The Morgan fingerprint density at radius 2 is 2.16 bits per heavy atom. The number of carboxylic acids is 1. The largest absolute Gasteiger partial charge is 0.478 e. The lowest BCUT2D eigenvalue weighted by molar-refractivity contribution is 0.0698. The Kier molecular flexibility index (Phi) is 5.89. The molecule has 5 nitrogen and oxygen atoms in total. The molecule has 1 aromatic carbocycles. The number of aromatic carboxylic acids is 1. The summed E-state index contributed by atoms with van der Waals surface area (Å²) < 4.78 is 0. The first kappa shape index (κ1) is 15.0. The minimum atomic E-state index is -1.12. The number of carbonyl (C=O) groups is 2. The van der Waals surface area contributed by atoms with Crippen LogP contribution >= 0.6 is 11.6 Å². The van der Waals surface area contributed by atoms with Crippen LogP contribution in [0.3, 0.4) is 0 Å². The molecule has 0 bridgehead atoms. The van der Waals surface area contributed by atoms with E-state index in [4.69, 9.17) is 16.7 Å². The fourth-order valence-electron chi connectivity index (χ4n) is 1.41. The molecule has 0 aliphatic rings. The van der Waals surface area contributed by atoms with E-state index in [-0.39, 0.29) is 11.3 Å². The summed E-state index contributed by atoms with van der Waals surface area (Å²) in [5.74, 6) is -1.12. The molecule has 0 fully saturated rings. The summed E-state index contributed by atoms with van der Waals surface area (Å²) >= 11 is 5.78. The van der Waals surface area contributed by atoms with E-state index < -0.39 is 12.0 Å². The van der Waals surface area contributed by atoms with Gasteiger partial charge in [-0.1, -0.05) is 23.8 Å². The second-order valence-electron chi connectivity index (χ2n) is 3.73. The number of benzene rings is 1. The van der Waals surface area contributed by atoms with Gasteiger partial charge in [0.2, 0.25) is 0 Å². The molecule has 0 aliphatic carbocycles. The maximum Gasteiger partial charge on any atom is 0.337 e. The van der Waals surface area contributed by atoms with Crippen molar-refractivity contribution in [3.05, 3.63) is 40.9 Å². The van der Waals surface area contributed by atoms with Crippen molar-refractivity contribution in [2.24, 2.45) is 0 Å². The Morgan fingerprint density at radius 3 is 2.79 bits per heavy atom. The summed E-state index contributed by atoms with van der Waals surface area (Å²) in [6.07, 6.45) is 4.52. The Hall–Kier alpha value is -2.01. The predicted molar refractivity (Wildman–Crippen MR) is 74.9 cm³/mol. The second-order valence-corrected chi connectivity index (χ2v) is 4.17. The van der Waals surface area contributed by atoms with Crippen molar-refractivity contribution in [1.29, 1.82) is 0 Å². The molecule has 6 heteroatoms. The van der Waals surface area contributed by atoms with E-state index in [0.29, 0.717) is 18.0 Å². The van der Waals surface area contributed by atoms with E-state index in [1.54, 1.807) is 0 Å². The van der Waals surface area contributed by atoms with E-state index in [9.17, 15) is 9.59 Å². The molecule has 0 spiro atoms. The van der Waals surface area contributed by atoms with Crippen molar-refractivity contribution in [3.8, 4) is 0 Å². The number of carbonyl (C=O) groups excluding carboxylic acids is 1. The fraction of sp³-hybridized carbons (Fsp3) is 0.231. The van der Waals surface area contributed by atoms with Crippen LogP contribution in [0, 0.1) is 0 Å². The number of hydrogen-bond acceptors (Lipinski definition) is 2. The van der Waals surface area contributed by atoms with Gasteiger partial charge in [-0.05, 0) is 31.5 Å². The quantitative estimate of drug-likeness (QED) is 0.573. The zero-order valence-corrected chi connectivity index (χ0v) is 11.2. The van der Waals surface area contributed by atoms with Gasteiger partial charge in [-0.25, -0.2) is 9.59 Å². The van der Waals surface area contributed by atoms with Gasteiger partial charge in [0.25, 0.3) is 0 Å². The molecular weight excluding hydrogens is 268 g/mol. The molecule has 0 saturated heterocycles. The number of anilines is 1. The summed E-state index contributed by atoms with van der Waals surface area (Å²) in [5, 5.41) is 14.4. The Labute approximate surface area is 116 Å². The second kappa shape index (κ2) is 7.43. The van der Waals surface area contributed by atoms with Crippen LogP contribution in [-0.4, -0.2) is 23.7 Å². The molecule has 102 valence electrons. The minimum absolute atomic E-state index is 0.00648. The molecule has 0 aliphatic heterocycles. The molecule has 0 aromatic heterocycles. The lowest BCUT2D eigenvalue weighted by atomic mass is 10.2. The number of rotatable bonds is 5. The van der Waals surface area contributed by atoms with Crippen LogP contribution in [-0.2, 0) is 0 Å². The van der Waals surface area contributed by atoms with Gasteiger partial charge >= 0.3 is 12.0 Å². The van der Waals surface area contributed by atoms with E-state index in [1.165, 1.54) is 18.2 Å². The SMILES string of the molecule is C/C=C/CCNC(=O)Nc1cc(Cl)ccc1C(=O)O.